The fourth-order valence-corrected chi connectivity index (χ4v) is 1.73. The minimum atomic E-state index is -0.0992. The maximum absolute atomic E-state index is 9.27. The third-order valence-electron chi connectivity index (χ3n) is 2.71. The summed E-state index contributed by atoms with van der Waals surface area (Å²) in [5.74, 6) is 0.651. The molecule has 3 nitrogen and oxygen atoms in total. The van der Waals surface area contributed by atoms with Crippen LogP contribution in [0.25, 0.3) is 0 Å². The lowest BCUT2D eigenvalue weighted by Crippen LogP contribution is -1.99. The van der Waals surface area contributed by atoms with Crippen molar-refractivity contribution in [3.05, 3.63) is 65.2 Å². The number of hydrogen-bond donors (Lipinski definition) is 2. The molecule has 0 aliphatic carbocycles. The molecular formula is C15H16O3. The van der Waals surface area contributed by atoms with E-state index < -0.39 is 0 Å². The predicted molar refractivity (Wildman–Crippen MR) is 69.1 cm³/mol. The molecule has 0 heterocycles. The van der Waals surface area contributed by atoms with Gasteiger partial charge in [0.05, 0.1) is 13.2 Å². The van der Waals surface area contributed by atoms with Gasteiger partial charge in [0.1, 0.15) is 12.4 Å². The van der Waals surface area contributed by atoms with Crippen molar-refractivity contribution in [3.63, 3.8) is 0 Å². The average molecular weight is 244 g/mol. The Labute approximate surface area is 106 Å². The Balaban J connectivity index is 2.09. The van der Waals surface area contributed by atoms with Gasteiger partial charge in [-0.1, -0.05) is 36.4 Å². The molecular weight excluding hydrogens is 228 g/mol. The van der Waals surface area contributed by atoms with Gasteiger partial charge in [-0.3, -0.25) is 0 Å². The zero-order chi connectivity index (χ0) is 12.8. The molecule has 0 saturated carbocycles. The van der Waals surface area contributed by atoms with Crippen molar-refractivity contribution < 1.29 is 14.9 Å². The van der Waals surface area contributed by atoms with Crippen LogP contribution >= 0.6 is 0 Å². The molecule has 2 rings (SSSR count). The first-order valence-corrected chi connectivity index (χ1v) is 5.83. The van der Waals surface area contributed by atoms with Gasteiger partial charge in [-0.05, 0) is 23.3 Å². The summed E-state index contributed by atoms with van der Waals surface area (Å²) < 4.78 is 5.67. The number of hydrogen-bond acceptors (Lipinski definition) is 3. The van der Waals surface area contributed by atoms with Crippen LogP contribution in [0, 0.1) is 0 Å². The van der Waals surface area contributed by atoms with E-state index >= 15 is 0 Å². The fraction of sp³-hybridized carbons (Fsp3) is 0.200. The summed E-state index contributed by atoms with van der Waals surface area (Å²) in [7, 11) is 0. The Morgan fingerprint density at radius 2 is 1.61 bits per heavy atom. The Bertz CT molecular complexity index is 494. The highest BCUT2D eigenvalue weighted by Gasteiger charge is 2.04. The third-order valence-corrected chi connectivity index (χ3v) is 2.71. The lowest BCUT2D eigenvalue weighted by atomic mass is 10.1. The first-order chi connectivity index (χ1) is 8.83. The van der Waals surface area contributed by atoms with Gasteiger partial charge in [0.2, 0.25) is 0 Å². The zero-order valence-electron chi connectivity index (χ0n) is 10.0. The van der Waals surface area contributed by atoms with Crippen LogP contribution in [0.1, 0.15) is 16.7 Å². The van der Waals surface area contributed by atoms with Crippen LogP contribution in [-0.2, 0) is 19.8 Å². The molecule has 0 unspecified atom stereocenters. The van der Waals surface area contributed by atoms with Gasteiger partial charge in [-0.25, -0.2) is 0 Å². The van der Waals surface area contributed by atoms with Crippen molar-refractivity contribution in [1.82, 2.24) is 0 Å². The van der Waals surface area contributed by atoms with Crippen molar-refractivity contribution in [1.29, 1.82) is 0 Å². The van der Waals surface area contributed by atoms with Gasteiger partial charge in [0.25, 0.3) is 0 Å². The van der Waals surface area contributed by atoms with Gasteiger partial charge in [0.15, 0.2) is 0 Å². The largest absolute Gasteiger partial charge is 0.489 e. The van der Waals surface area contributed by atoms with Crippen LogP contribution < -0.4 is 4.74 Å². The van der Waals surface area contributed by atoms with Crippen molar-refractivity contribution in [3.8, 4) is 5.75 Å². The molecule has 94 valence electrons. The Morgan fingerprint density at radius 1 is 0.833 bits per heavy atom. The number of aliphatic hydroxyl groups is 2. The maximum Gasteiger partial charge on any atom is 0.125 e. The van der Waals surface area contributed by atoms with Crippen molar-refractivity contribution in [2.45, 2.75) is 19.8 Å². The minimum absolute atomic E-state index is 0.0357. The van der Waals surface area contributed by atoms with Crippen LogP contribution in [0.5, 0.6) is 5.75 Å². The maximum atomic E-state index is 9.27. The van der Waals surface area contributed by atoms with Gasteiger partial charge < -0.3 is 14.9 Å². The number of ether oxygens (including phenoxy) is 1. The Hall–Kier alpha value is -1.84. The molecule has 0 saturated heterocycles. The second kappa shape index (κ2) is 6.19. The van der Waals surface area contributed by atoms with E-state index in [0.29, 0.717) is 17.9 Å². The van der Waals surface area contributed by atoms with Gasteiger partial charge in [-0.2, -0.15) is 0 Å². The van der Waals surface area contributed by atoms with E-state index in [0.717, 1.165) is 11.1 Å². The molecule has 0 radical (unpaired) electrons. The molecule has 3 heteroatoms. The molecule has 2 N–H and O–H groups in total. The summed E-state index contributed by atoms with van der Waals surface area (Å²) >= 11 is 0. The summed E-state index contributed by atoms with van der Waals surface area (Å²) in [6, 6.07) is 15.2. The molecule has 0 amide bonds. The van der Waals surface area contributed by atoms with E-state index in [2.05, 4.69) is 0 Å². The molecule has 0 bridgehead atoms. The number of benzene rings is 2. The highest BCUT2D eigenvalue weighted by Crippen LogP contribution is 2.21. The topological polar surface area (TPSA) is 49.7 Å². The minimum Gasteiger partial charge on any atom is -0.489 e. The zero-order valence-corrected chi connectivity index (χ0v) is 10.0. The van der Waals surface area contributed by atoms with Crippen molar-refractivity contribution in [2.24, 2.45) is 0 Å². The van der Waals surface area contributed by atoms with E-state index in [1.807, 2.05) is 30.3 Å². The summed E-state index contributed by atoms with van der Waals surface area (Å²) in [6.45, 7) is 0.330. The lowest BCUT2D eigenvalue weighted by Gasteiger charge is -2.11. The van der Waals surface area contributed by atoms with Gasteiger partial charge in [0, 0.05) is 5.56 Å². The standard InChI is InChI=1S/C15H16O3/c16-9-13-6-7-15(14(8-13)10-17)18-11-12-4-2-1-3-5-12/h1-8,16-17H,9-11H2. The number of rotatable bonds is 5. The second-order valence-electron chi connectivity index (χ2n) is 4.03. The lowest BCUT2D eigenvalue weighted by molar-refractivity contribution is 0.256. The van der Waals surface area contributed by atoms with Crippen LogP contribution in [0.15, 0.2) is 48.5 Å². The van der Waals surface area contributed by atoms with E-state index in [9.17, 15) is 5.11 Å². The molecule has 0 spiro atoms. The molecule has 2 aromatic carbocycles. The van der Waals surface area contributed by atoms with Crippen LogP contribution in [-0.4, -0.2) is 10.2 Å². The Morgan fingerprint density at radius 3 is 2.28 bits per heavy atom. The van der Waals surface area contributed by atoms with Crippen LogP contribution in [0.4, 0.5) is 0 Å². The van der Waals surface area contributed by atoms with Crippen LogP contribution in [0.2, 0.25) is 0 Å². The summed E-state index contributed by atoms with van der Waals surface area (Å²) in [5, 5.41) is 18.3. The molecule has 0 aliphatic heterocycles. The molecule has 0 fully saturated rings. The van der Waals surface area contributed by atoms with Crippen molar-refractivity contribution in [2.75, 3.05) is 0 Å². The molecule has 0 aliphatic rings. The first kappa shape index (κ1) is 12.6. The first-order valence-electron chi connectivity index (χ1n) is 5.83. The van der Waals surface area contributed by atoms with E-state index in [1.54, 1.807) is 18.2 Å². The van der Waals surface area contributed by atoms with Gasteiger partial charge in [-0.15, -0.1) is 0 Å². The molecule has 18 heavy (non-hydrogen) atoms. The summed E-state index contributed by atoms with van der Waals surface area (Å²) in [5.41, 5.74) is 2.54. The molecule has 2 aromatic rings. The van der Waals surface area contributed by atoms with E-state index in [1.165, 1.54) is 0 Å². The fourth-order valence-electron chi connectivity index (χ4n) is 1.73. The normalized spacial score (nSPS) is 10.3. The highest BCUT2D eigenvalue weighted by molar-refractivity contribution is 5.36. The highest BCUT2D eigenvalue weighted by atomic mass is 16.5. The monoisotopic (exact) mass is 244 g/mol. The molecule has 0 atom stereocenters. The summed E-state index contributed by atoms with van der Waals surface area (Å²) in [4.78, 5) is 0. The quantitative estimate of drug-likeness (QED) is 0.848. The number of aliphatic hydroxyl groups excluding tert-OH is 2. The van der Waals surface area contributed by atoms with E-state index in [-0.39, 0.29) is 13.2 Å². The SMILES string of the molecule is OCc1ccc(OCc2ccccc2)c(CO)c1. The summed E-state index contributed by atoms with van der Waals surface area (Å²) in [6.07, 6.45) is 0. The van der Waals surface area contributed by atoms with E-state index in [4.69, 9.17) is 9.84 Å². The Kier molecular flexibility index (Phi) is 4.34. The van der Waals surface area contributed by atoms with Crippen LogP contribution in [0.3, 0.4) is 0 Å². The third kappa shape index (κ3) is 3.09. The van der Waals surface area contributed by atoms with Crippen molar-refractivity contribution >= 4 is 0 Å². The van der Waals surface area contributed by atoms with Gasteiger partial charge >= 0.3 is 0 Å². The molecule has 0 aromatic heterocycles. The second-order valence-corrected chi connectivity index (χ2v) is 4.03. The average Bonchev–Trinajstić information content (AvgIpc) is 2.46. The predicted octanol–water partition coefficient (Wildman–Crippen LogP) is 2.25. The smallest absolute Gasteiger partial charge is 0.125 e.